The van der Waals surface area contributed by atoms with Crippen molar-refractivity contribution in [1.82, 2.24) is 5.16 Å². The van der Waals surface area contributed by atoms with E-state index in [0.717, 1.165) is 0 Å². The molecule has 0 aliphatic carbocycles. The van der Waals surface area contributed by atoms with Crippen molar-refractivity contribution in [2.45, 2.75) is 19.4 Å². The molecule has 0 saturated heterocycles. The van der Waals surface area contributed by atoms with Crippen molar-refractivity contribution in [3.8, 4) is 0 Å². The second-order valence-corrected chi connectivity index (χ2v) is 2.67. The molecule has 7 nitrogen and oxygen atoms in total. The van der Waals surface area contributed by atoms with Gasteiger partial charge in [0.15, 0.2) is 5.76 Å². The predicted molar refractivity (Wildman–Crippen MR) is 53.1 cm³/mol. The van der Waals surface area contributed by atoms with Gasteiger partial charge in [0.25, 0.3) is 5.56 Å². The highest BCUT2D eigenvalue weighted by Crippen LogP contribution is 1.86. The maximum atomic E-state index is 10.2. The number of carboxylic acid groups (broad SMARTS) is 1. The molecule has 0 radical (unpaired) electrons. The van der Waals surface area contributed by atoms with Crippen LogP contribution in [0.1, 0.15) is 18.6 Å². The molecule has 7 heteroatoms. The first kappa shape index (κ1) is 13.4. The van der Waals surface area contributed by atoms with E-state index in [1.54, 1.807) is 0 Å². The fraction of sp³-hybridized carbons (Fsp3) is 0.500. The Bertz CT molecular complexity index is 331. The first-order valence-corrected chi connectivity index (χ1v) is 4.39. The molecule has 0 bridgehead atoms. The fourth-order valence-electron chi connectivity index (χ4n) is 0.675. The quantitative estimate of drug-likeness (QED) is 0.523. The minimum absolute atomic E-state index is 0.191. The van der Waals surface area contributed by atoms with E-state index < -0.39 is 5.97 Å². The van der Waals surface area contributed by atoms with Crippen LogP contribution in [0.25, 0.3) is 0 Å². The zero-order valence-electron chi connectivity index (χ0n) is 8.23. The zero-order chi connectivity index (χ0) is 11.7. The van der Waals surface area contributed by atoms with E-state index in [-0.39, 0.29) is 18.5 Å². The Hall–Kier alpha value is -1.60. The average Bonchev–Trinajstić information content (AvgIpc) is 2.62. The number of hydrogen-bond donors (Lipinski definition) is 4. The van der Waals surface area contributed by atoms with Crippen LogP contribution >= 0.6 is 0 Å². The third-order valence-corrected chi connectivity index (χ3v) is 1.37. The molecule has 1 heterocycles. The molecule has 1 rings (SSSR count). The monoisotopic (exact) mass is 217 g/mol. The van der Waals surface area contributed by atoms with Crippen LogP contribution in [0.2, 0.25) is 0 Å². The number of carboxylic acids is 1. The third-order valence-electron chi connectivity index (χ3n) is 1.37. The second kappa shape index (κ2) is 7.77. The number of aromatic nitrogens is 1. The largest absolute Gasteiger partial charge is 0.481 e. The third kappa shape index (κ3) is 7.47. The van der Waals surface area contributed by atoms with E-state index in [4.69, 9.17) is 16.6 Å². The van der Waals surface area contributed by atoms with Gasteiger partial charge in [0.1, 0.15) is 0 Å². The molecular formula is C8H15N3O4. The number of nitrogens with one attached hydrogen (secondary N) is 1. The molecule has 0 aliphatic rings. The van der Waals surface area contributed by atoms with Crippen LogP contribution in [0.5, 0.6) is 0 Å². The van der Waals surface area contributed by atoms with Gasteiger partial charge in [0.2, 0.25) is 0 Å². The molecule has 1 aromatic heterocycles. The van der Waals surface area contributed by atoms with Crippen molar-refractivity contribution in [2.75, 3.05) is 6.54 Å². The van der Waals surface area contributed by atoms with Crippen molar-refractivity contribution in [1.29, 1.82) is 0 Å². The summed E-state index contributed by atoms with van der Waals surface area (Å²) in [5.74, 6) is -0.291. The summed E-state index contributed by atoms with van der Waals surface area (Å²) in [7, 11) is 0. The van der Waals surface area contributed by atoms with Crippen molar-refractivity contribution >= 4 is 5.97 Å². The average molecular weight is 217 g/mol. The highest BCUT2D eigenvalue weighted by molar-refractivity contribution is 5.66. The Kier molecular flexibility index (Phi) is 6.94. The lowest BCUT2D eigenvalue weighted by Crippen LogP contribution is -2.02. The predicted octanol–water partition coefficient (Wildman–Crippen LogP) is -0.763. The highest BCUT2D eigenvalue weighted by atomic mass is 16.5. The summed E-state index contributed by atoms with van der Waals surface area (Å²) in [6.45, 7) is 0.727. The van der Waals surface area contributed by atoms with Crippen LogP contribution in [-0.4, -0.2) is 22.8 Å². The summed E-state index contributed by atoms with van der Waals surface area (Å²) < 4.78 is 4.55. The lowest BCUT2D eigenvalue weighted by molar-refractivity contribution is -0.137. The van der Waals surface area contributed by atoms with Crippen molar-refractivity contribution in [2.24, 2.45) is 11.5 Å². The Morgan fingerprint density at radius 1 is 1.53 bits per heavy atom. The summed E-state index contributed by atoms with van der Waals surface area (Å²) in [4.78, 5) is 19.9. The number of H-pyrrole nitrogens is 1. The van der Waals surface area contributed by atoms with Gasteiger partial charge >= 0.3 is 5.97 Å². The van der Waals surface area contributed by atoms with Gasteiger partial charge in [0.05, 0.1) is 6.54 Å². The zero-order valence-corrected chi connectivity index (χ0v) is 8.23. The van der Waals surface area contributed by atoms with Crippen LogP contribution in [0.3, 0.4) is 0 Å². The summed E-state index contributed by atoms with van der Waals surface area (Å²) in [6, 6.07) is 1.32. The van der Waals surface area contributed by atoms with Gasteiger partial charge in [-0.2, -0.15) is 5.16 Å². The standard InChI is InChI=1S/C4H6N2O2.C4H9NO2/c5-2-3-1-4(7)6-8-3;5-3-1-2-4(6)7/h1H,2,5H2,(H,6,7);1-3,5H2,(H,6,7). The number of nitrogens with two attached hydrogens (primary N) is 2. The smallest absolute Gasteiger partial charge is 0.303 e. The van der Waals surface area contributed by atoms with E-state index >= 15 is 0 Å². The molecule has 1 aromatic rings. The second-order valence-electron chi connectivity index (χ2n) is 2.67. The number of aromatic amines is 1. The SMILES string of the molecule is NCCCC(=O)O.NCc1cc(=O)[nH]o1. The number of aliphatic carboxylic acids is 1. The van der Waals surface area contributed by atoms with Gasteiger partial charge in [-0.25, -0.2) is 0 Å². The fourth-order valence-corrected chi connectivity index (χ4v) is 0.675. The molecule has 0 atom stereocenters. The molecule has 6 N–H and O–H groups in total. The van der Waals surface area contributed by atoms with Gasteiger partial charge in [0, 0.05) is 12.5 Å². The van der Waals surface area contributed by atoms with Crippen LogP contribution in [0.15, 0.2) is 15.4 Å². The van der Waals surface area contributed by atoms with Crippen molar-refractivity contribution < 1.29 is 14.4 Å². The molecule has 0 aromatic carbocycles. The lowest BCUT2D eigenvalue weighted by atomic mass is 10.3. The Morgan fingerprint density at radius 3 is 2.40 bits per heavy atom. The highest BCUT2D eigenvalue weighted by Gasteiger charge is 1.92. The van der Waals surface area contributed by atoms with E-state index in [2.05, 4.69) is 9.68 Å². The Labute approximate surface area is 86.0 Å². The molecule has 0 unspecified atom stereocenters. The minimum atomic E-state index is -0.773. The summed E-state index contributed by atoms with van der Waals surface area (Å²) >= 11 is 0. The van der Waals surface area contributed by atoms with Crippen molar-refractivity contribution in [3.63, 3.8) is 0 Å². The van der Waals surface area contributed by atoms with E-state index in [0.29, 0.717) is 18.7 Å². The number of rotatable bonds is 4. The molecule has 0 spiro atoms. The molecule has 86 valence electrons. The van der Waals surface area contributed by atoms with Crippen LogP contribution in [0, 0.1) is 0 Å². The van der Waals surface area contributed by atoms with Gasteiger partial charge in [-0.3, -0.25) is 9.59 Å². The van der Waals surface area contributed by atoms with Crippen LogP contribution < -0.4 is 17.0 Å². The van der Waals surface area contributed by atoms with Gasteiger partial charge < -0.3 is 21.1 Å². The maximum Gasteiger partial charge on any atom is 0.303 e. The topological polar surface area (TPSA) is 135 Å². The Balaban J connectivity index is 0.000000265. The maximum absolute atomic E-state index is 10.2. The van der Waals surface area contributed by atoms with Crippen molar-refractivity contribution in [3.05, 3.63) is 22.2 Å². The molecule has 15 heavy (non-hydrogen) atoms. The van der Waals surface area contributed by atoms with E-state index in [1.165, 1.54) is 6.07 Å². The molecule has 0 saturated carbocycles. The summed E-state index contributed by atoms with van der Waals surface area (Å²) in [5, 5.41) is 10.1. The van der Waals surface area contributed by atoms with Gasteiger partial charge in [-0.05, 0) is 13.0 Å². The summed E-state index contributed by atoms with van der Waals surface area (Å²) in [5.41, 5.74) is 9.88. The first-order chi connectivity index (χ1) is 7.10. The number of hydrogen-bond acceptors (Lipinski definition) is 5. The minimum Gasteiger partial charge on any atom is -0.481 e. The first-order valence-electron chi connectivity index (χ1n) is 4.39. The van der Waals surface area contributed by atoms with Gasteiger partial charge in [-0.1, -0.05) is 0 Å². The van der Waals surface area contributed by atoms with Crippen LogP contribution in [0.4, 0.5) is 0 Å². The van der Waals surface area contributed by atoms with Crippen LogP contribution in [-0.2, 0) is 11.3 Å². The molecule has 0 fully saturated rings. The molecule has 0 amide bonds. The normalized spacial score (nSPS) is 9.20. The molecule has 0 aliphatic heterocycles. The lowest BCUT2D eigenvalue weighted by Gasteiger charge is -1.86. The number of carbonyl (C=O) groups is 1. The van der Waals surface area contributed by atoms with Gasteiger partial charge in [-0.15, -0.1) is 0 Å². The van der Waals surface area contributed by atoms with E-state index in [1.807, 2.05) is 0 Å². The summed E-state index contributed by atoms with van der Waals surface area (Å²) in [6.07, 6.45) is 0.770. The molecular weight excluding hydrogens is 202 g/mol. The van der Waals surface area contributed by atoms with E-state index in [9.17, 15) is 9.59 Å². The Morgan fingerprint density at radius 2 is 2.20 bits per heavy atom.